The second-order valence-corrected chi connectivity index (χ2v) is 3.08. The summed E-state index contributed by atoms with van der Waals surface area (Å²) in [5, 5.41) is 17.6. The summed E-state index contributed by atoms with van der Waals surface area (Å²) in [5.41, 5.74) is 1.62. The first-order chi connectivity index (χ1) is 6.61. The fraction of sp³-hybridized carbons (Fsp3) is 0.556. The molecule has 2 N–H and O–H groups in total. The van der Waals surface area contributed by atoms with Gasteiger partial charge >= 0.3 is 6.01 Å². The highest BCUT2D eigenvalue weighted by molar-refractivity contribution is 5.10. The molecule has 0 radical (unpaired) electrons. The van der Waals surface area contributed by atoms with Crippen LogP contribution in [0.3, 0.4) is 0 Å². The highest BCUT2D eigenvalue weighted by Crippen LogP contribution is 2.05. The van der Waals surface area contributed by atoms with E-state index in [4.69, 9.17) is 14.9 Å². The lowest BCUT2D eigenvalue weighted by molar-refractivity contribution is 0.0503. The number of hydrogen-bond acceptors (Lipinski definition) is 5. The molecule has 5 heteroatoms. The lowest BCUT2D eigenvalue weighted by Crippen LogP contribution is -2.22. The van der Waals surface area contributed by atoms with Gasteiger partial charge < -0.3 is 14.9 Å². The van der Waals surface area contributed by atoms with Gasteiger partial charge in [-0.25, -0.2) is 9.97 Å². The molecule has 0 saturated heterocycles. The maximum absolute atomic E-state index is 9.03. The molecule has 1 rings (SSSR count). The number of nitrogens with zero attached hydrogens (tertiary/aromatic N) is 2. The SMILES string of the molecule is Cc1cc(C)nc(OCC(O)CO)n1. The third-order valence-corrected chi connectivity index (χ3v) is 1.58. The van der Waals surface area contributed by atoms with Crippen LogP contribution in [0.4, 0.5) is 0 Å². The molecule has 0 aliphatic heterocycles. The van der Waals surface area contributed by atoms with Crippen molar-refractivity contribution >= 4 is 0 Å². The summed E-state index contributed by atoms with van der Waals surface area (Å²) in [5.74, 6) is 0. The number of aryl methyl sites for hydroxylation is 2. The highest BCUT2D eigenvalue weighted by Gasteiger charge is 2.05. The van der Waals surface area contributed by atoms with E-state index in [1.807, 2.05) is 19.9 Å². The van der Waals surface area contributed by atoms with Crippen molar-refractivity contribution in [2.75, 3.05) is 13.2 Å². The van der Waals surface area contributed by atoms with Crippen molar-refractivity contribution in [2.45, 2.75) is 20.0 Å². The summed E-state index contributed by atoms with van der Waals surface area (Å²) in [6.07, 6.45) is -0.889. The van der Waals surface area contributed by atoms with Crippen LogP contribution in [0, 0.1) is 13.8 Å². The quantitative estimate of drug-likeness (QED) is 0.702. The molecule has 5 nitrogen and oxygen atoms in total. The van der Waals surface area contributed by atoms with Crippen LogP contribution < -0.4 is 4.74 Å². The molecule has 1 heterocycles. The third-order valence-electron chi connectivity index (χ3n) is 1.58. The number of ether oxygens (including phenoxy) is 1. The molecule has 0 fully saturated rings. The zero-order valence-electron chi connectivity index (χ0n) is 8.27. The van der Waals surface area contributed by atoms with Crippen molar-refractivity contribution in [1.82, 2.24) is 9.97 Å². The van der Waals surface area contributed by atoms with Gasteiger partial charge in [0.25, 0.3) is 0 Å². The van der Waals surface area contributed by atoms with Crippen molar-refractivity contribution < 1.29 is 14.9 Å². The molecule has 78 valence electrons. The average molecular weight is 198 g/mol. The summed E-state index contributed by atoms with van der Waals surface area (Å²) in [6.45, 7) is 3.35. The van der Waals surface area contributed by atoms with Gasteiger partial charge in [-0.1, -0.05) is 0 Å². The van der Waals surface area contributed by atoms with Crippen LogP contribution in [0.15, 0.2) is 6.07 Å². The molecular formula is C9H14N2O3. The summed E-state index contributed by atoms with van der Waals surface area (Å²) in [6, 6.07) is 2.06. The van der Waals surface area contributed by atoms with Crippen molar-refractivity contribution in [3.05, 3.63) is 17.5 Å². The lowest BCUT2D eigenvalue weighted by atomic mass is 10.4. The average Bonchev–Trinajstić information content (AvgIpc) is 2.12. The Bertz CT molecular complexity index is 284. The summed E-state index contributed by atoms with van der Waals surface area (Å²) in [4.78, 5) is 8.03. The smallest absolute Gasteiger partial charge is 0.316 e. The second-order valence-electron chi connectivity index (χ2n) is 3.08. The Morgan fingerprint density at radius 1 is 1.36 bits per heavy atom. The zero-order valence-corrected chi connectivity index (χ0v) is 8.27. The maximum atomic E-state index is 9.03. The molecule has 1 aromatic rings. The van der Waals surface area contributed by atoms with Crippen LogP contribution in [0.25, 0.3) is 0 Å². The minimum atomic E-state index is -0.889. The van der Waals surface area contributed by atoms with E-state index in [2.05, 4.69) is 9.97 Å². The van der Waals surface area contributed by atoms with Crippen LogP contribution in [0.5, 0.6) is 6.01 Å². The van der Waals surface area contributed by atoms with E-state index in [0.29, 0.717) is 0 Å². The largest absolute Gasteiger partial charge is 0.461 e. The van der Waals surface area contributed by atoms with Crippen LogP contribution in [0.1, 0.15) is 11.4 Å². The molecule has 1 atom stereocenters. The van der Waals surface area contributed by atoms with Crippen molar-refractivity contribution in [3.63, 3.8) is 0 Å². The lowest BCUT2D eigenvalue weighted by Gasteiger charge is -2.08. The molecule has 1 aromatic heterocycles. The Hall–Kier alpha value is -1.20. The summed E-state index contributed by atoms with van der Waals surface area (Å²) < 4.78 is 5.09. The second kappa shape index (κ2) is 4.88. The minimum Gasteiger partial charge on any atom is -0.461 e. The normalized spacial score (nSPS) is 12.6. The number of rotatable bonds is 4. The first kappa shape index (κ1) is 10.9. The summed E-state index contributed by atoms with van der Waals surface area (Å²) in [7, 11) is 0. The molecule has 0 aromatic carbocycles. The Morgan fingerprint density at radius 2 is 1.93 bits per heavy atom. The fourth-order valence-corrected chi connectivity index (χ4v) is 0.982. The van der Waals surface area contributed by atoms with Gasteiger partial charge in [-0.2, -0.15) is 0 Å². The van der Waals surface area contributed by atoms with E-state index in [9.17, 15) is 0 Å². The van der Waals surface area contributed by atoms with E-state index in [1.54, 1.807) is 0 Å². The molecule has 0 saturated carbocycles. The van der Waals surface area contributed by atoms with Gasteiger partial charge in [0.1, 0.15) is 12.7 Å². The van der Waals surface area contributed by atoms with E-state index in [0.717, 1.165) is 11.4 Å². The van der Waals surface area contributed by atoms with Crippen LogP contribution in [0.2, 0.25) is 0 Å². The van der Waals surface area contributed by atoms with Crippen LogP contribution >= 0.6 is 0 Å². The van der Waals surface area contributed by atoms with Crippen molar-refractivity contribution in [1.29, 1.82) is 0 Å². The van der Waals surface area contributed by atoms with Gasteiger partial charge in [-0.3, -0.25) is 0 Å². The minimum absolute atomic E-state index is 0.000602. The molecule has 1 unspecified atom stereocenters. The van der Waals surface area contributed by atoms with Gasteiger partial charge in [-0.15, -0.1) is 0 Å². The molecule has 0 amide bonds. The molecule has 0 bridgehead atoms. The number of aromatic nitrogens is 2. The van der Waals surface area contributed by atoms with Gasteiger partial charge in [0.15, 0.2) is 0 Å². The van der Waals surface area contributed by atoms with Crippen LogP contribution in [-0.4, -0.2) is 39.5 Å². The predicted molar refractivity (Wildman–Crippen MR) is 50.1 cm³/mol. The van der Waals surface area contributed by atoms with Crippen LogP contribution in [-0.2, 0) is 0 Å². The Kier molecular flexibility index (Phi) is 3.79. The molecule has 0 spiro atoms. The molecule has 0 aliphatic carbocycles. The third kappa shape index (κ3) is 3.27. The topological polar surface area (TPSA) is 75.5 Å². The Morgan fingerprint density at radius 3 is 2.43 bits per heavy atom. The van der Waals surface area contributed by atoms with Crippen molar-refractivity contribution in [2.24, 2.45) is 0 Å². The van der Waals surface area contributed by atoms with Gasteiger partial charge in [0.2, 0.25) is 0 Å². The van der Waals surface area contributed by atoms with Gasteiger partial charge in [0.05, 0.1) is 6.61 Å². The van der Waals surface area contributed by atoms with E-state index >= 15 is 0 Å². The predicted octanol–water partition coefficient (Wildman–Crippen LogP) is -0.175. The van der Waals surface area contributed by atoms with Gasteiger partial charge in [-0.05, 0) is 19.9 Å². The highest BCUT2D eigenvalue weighted by atomic mass is 16.5. The zero-order chi connectivity index (χ0) is 10.6. The van der Waals surface area contributed by atoms with E-state index in [-0.39, 0.29) is 19.2 Å². The number of aliphatic hydroxyl groups excluding tert-OH is 2. The molecular weight excluding hydrogens is 184 g/mol. The maximum Gasteiger partial charge on any atom is 0.316 e. The molecule has 14 heavy (non-hydrogen) atoms. The van der Waals surface area contributed by atoms with Crippen molar-refractivity contribution in [3.8, 4) is 6.01 Å². The standard InChI is InChI=1S/C9H14N2O3/c1-6-3-7(2)11-9(10-6)14-5-8(13)4-12/h3,8,12-13H,4-5H2,1-2H3. The molecule has 0 aliphatic rings. The summed E-state index contributed by atoms with van der Waals surface area (Å²) >= 11 is 0. The van der Waals surface area contributed by atoms with Gasteiger partial charge in [0, 0.05) is 11.4 Å². The Balaban J connectivity index is 2.58. The number of aliphatic hydroxyl groups is 2. The number of hydrogen-bond donors (Lipinski definition) is 2. The monoisotopic (exact) mass is 198 g/mol. The van der Waals surface area contributed by atoms with E-state index < -0.39 is 6.10 Å². The first-order valence-corrected chi connectivity index (χ1v) is 4.36. The Labute approximate surface area is 82.4 Å². The van der Waals surface area contributed by atoms with E-state index in [1.165, 1.54) is 0 Å². The first-order valence-electron chi connectivity index (χ1n) is 4.36. The fourth-order valence-electron chi connectivity index (χ4n) is 0.982.